The average Bonchev–Trinajstić information content (AvgIpc) is 2.53. The van der Waals surface area contributed by atoms with Crippen LogP contribution < -0.4 is 14.2 Å². The fourth-order valence-corrected chi connectivity index (χ4v) is 2.36. The van der Waals surface area contributed by atoms with Crippen molar-refractivity contribution in [3.8, 4) is 28.4 Å². The minimum Gasteiger partial charge on any atom is -0.496 e. The van der Waals surface area contributed by atoms with Crippen LogP contribution in [-0.2, 0) is 0 Å². The van der Waals surface area contributed by atoms with Crippen LogP contribution >= 0.6 is 11.6 Å². The molecule has 0 saturated heterocycles. The number of rotatable bonds is 5. The first-order chi connectivity index (χ1) is 10.1. The maximum Gasteiger partial charge on any atom is 0.150 e. The Kier molecular flexibility index (Phi) is 4.70. The molecule has 0 bridgehead atoms. The van der Waals surface area contributed by atoms with E-state index < -0.39 is 0 Å². The Morgan fingerprint density at radius 1 is 0.952 bits per heavy atom. The van der Waals surface area contributed by atoms with Crippen LogP contribution in [0.3, 0.4) is 0 Å². The van der Waals surface area contributed by atoms with Crippen molar-refractivity contribution in [3.05, 3.63) is 40.9 Å². The van der Waals surface area contributed by atoms with E-state index in [0.29, 0.717) is 33.4 Å². The number of methoxy groups -OCH3 is 3. The molecule has 0 fully saturated rings. The molecule has 0 heterocycles. The van der Waals surface area contributed by atoms with Crippen LogP contribution in [0, 0.1) is 0 Å². The van der Waals surface area contributed by atoms with E-state index in [4.69, 9.17) is 25.8 Å². The van der Waals surface area contributed by atoms with Gasteiger partial charge in [0, 0.05) is 28.3 Å². The zero-order valence-corrected chi connectivity index (χ0v) is 12.7. The largest absolute Gasteiger partial charge is 0.496 e. The van der Waals surface area contributed by atoms with Gasteiger partial charge >= 0.3 is 0 Å². The van der Waals surface area contributed by atoms with Crippen molar-refractivity contribution in [2.24, 2.45) is 0 Å². The molecule has 0 aliphatic heterocycles. The molecule has 0 aromatic heterocycles. The maximum atomic E-state index is 10.8. The monoisotopic (exact) mass is 306 g/mol. The molecule has 0 atom stereocenters. The van der Waals surface area contributed by atoms with E-state index in [1.807, 2.05) is 0 Å². The molecule has 0 unspecified atom stereocenters. The summed E-state index contributed by atoms with van der Waals surface area (Å²) in [7, 11) is 4.69. The zero-order chi connectivity index (χ0) is 15.4. The van der Waals surface area contributed by atoms with Gasteiger partial charge in [-0.2, -0.15) is 0 Å². The van der Waals surface area contributed by atoms with Crippen molar-refractivity contribution in [1.29, 1.82) is 0 Å². The van der Waals surface area contributed by atoms with Gasteiger partial charge in [-0.25, -0.2) is 0 Å². The summed E-state index contributed by atoms with van der Waals surface area (Å²) in [5.74, 6) is 1.77. The maximum absolute atomic E-state index is 10.8. The summed E-state index contributed by atoms with van der Waals surface area (Å²) < 4.78 is 16.0. The first kappa shape index (κ1) is 15.2. The van der Waals surface area contributed by atoms with Gasteiger partial charge in [-0.15, -0.1) is 0 Å². The number of halogens is 1. The Morgan fingerprint density at radius 3 is 2.00 bits per heavy atom. The molecule has 0 aliphatic rings. The molecule has 0 saturated carbocycles. The highest BCUT2D eigenvalue weighted by Gasteiger charge is 2.17. The lowest BCUT2D eigenvalue weighted by Gasteiger charge is -2.16. The smallest absolute Gasteiger partial charge is 0.150 e. The van der Waals surface area contributed by atoms with Crippen LogP contribution in [0.15, 0.2) is 30.3 Å². The minimum absolute atomic E-state index is 0.446. The lowest BCUT2D eigenvalue weighted by Crippen LogP contribution is -1.96. The summed E-state index contributed by atoms with van der Waals surface area (Å²) in [6.45, 7) is 0. The van der Waals surface area contributed by atoms with Crippen molar-refractivity contribution >= 4 is 17.9 Å². The topological polar surface area (TPSA) is 44.8 Å². The Morgan fingerprint density at radius 2 is 1.57 bits per heavy atom. The van der Waals surface area contributed by atoms with Gasteiger partial charge < -0.3 is 14.2 Å². The molecule has 0 amide bonds. The van der Waals surface area contributed by atoms with Crippen molar-refractivity contribution in [2.45, 2.75) is 0 Å². The summed E-state index contributed by atoms with van der Waals surface area (Å²) in [5, 5.41) is 0.446. The van der Waals surface area contributed by atoms with Gasteiger partial charge in [0.05, 0.1) is 26.9 Å². The molecule has 4 nitrogen and oxygen atoms in total. The van der Waals surface area contributed by atoms with Gasteiger partial charge in [0.25, 0.3) is 0 Å². The van der Waals surface area contributed by atoms with Crippen LogP contribution in [0.5, 0.6) is 17.2 Å². The normalized spacial score (nSPS) is 10.1. The molecular weight excluding hydrogens is 292 g/mol. The molecule has 5 heteroatoms. The highest BCUT2D eigenvalue weighted by Crippen LogP contribution is 2.44. The molecule has 0 aliphatic carbocycles. The summed E-state index contributed by atoms with van der Waals surface area (Å²) >= 11 is 6.27. The second kappa shape index (κ2) is 6.50. The van der Waals surface area contributed by atoms with E-state index in [2.05, 4.69) is 0 Å². The lowest BCUT2D eigenvalue weighted by molar-refractivity contribution is 0.112. The zero-order valence-electron chi connectivity index (χ0n) is 12.0. The Bertz CT molecular complexity index is 642. The second-order valence-corrected chi connectivity index (χ2v) is 4.67. The van der Waals surface area contributed by atoms with Gasteiger partial charge in [-0.1, -0.05) is 23.7 Å². The van der Waals surface area contributed by atoms with E-state index in [0.717, 1.165) is 11.8 Å². The Labute approximate surface area is 128 Å². The van der Waals surface area contributed by atoms with Gasteiger partial charge in [0.1, 0.15) is 23.5 Å². The summed E-state index contributed by atoms with van der Waals surface area (Å²) in [4.78, 5) is 10.8. The summed E-state index contributed by atoms with van der Waals surface area (Å²) in [6, 6.07) is 8.56. The number of carbonyl (C=O) groups is 1. The Balaban J connectivity index is 2.69. The highest BCUT2D eigenvalue weighted by atomic mass is 35.5. The van der Waals surface area contributed by atoms with E-state index in [9.17, 15) is 4.79 Å². The molecule has 0 spiro atoms. The predicted molar refractivity (Wildman–Crippen MR) is 81.9 cm³/mol. The number of ether oxygens (including phenoxy) is 3. The van der Waals surface area contributed by atoms with Crippen LogP contribution in [0.4, 0.5) is 0 Å². The lowest BCUT2D eigenvalue weighted by atomic mass is 10.0. The first-order valence-electron chi connectivity index (χ1n) is 6.19. The standard InChI is InChI=1S/C16H15ClO4/c1-19-11-7-14(20-2)16(15(8-11)21-3)12-5-4-10(9-18)6-13(12)17/h4-9H,1-3H3. The fourth-order valence-electron chi connectivity index (χ4n) is 2.08. The number of aldehydes is 1. The SMILES string of the molecule is COc1cc(OC)c(-c2ccc(C=O)cc2Cl)c(OC)c1. The van der Waals surface area contributed by atoms with Crippen LogP contribution in [0.1, 0.15) is 10.4 Å². The van der Waals surface area contributed by atoms with E-state index >= 15 is 0 Å². The summed E-state index contributed by atoms with van der Waals surface area (Å²) in [5.41, 5.74) is 1.94. The molecule has 110 valence electrons. The van der Waals surface area contributed by atoms with Crippen LogP contribution in [-0.4, -0.2) is 27.6 Å². The number of hydrogen-bond donors (Lipinski definition) is 0. The van der Waals surface area contributed by atoms with Crippen molar-refractivity contribution < 1.29 is 19.0 Å². The van der Waals surface area contributed by atoms with Gasteiger partial charge in [-0.05, 0) is 6.07 Å². The third kappa shape index (κ3) is 2.95. The van der Waals surface area contributed by atoms with Crippen LogP contribution in [0.25, 0.3) is 11.1 Å². The van der Waals surface area contributed by atoms with Gasteiger partial charge in [0.2, 0.25) is 0 Å². The molecule has 21 heavy (non-hydrogen) atoms. The average molecular weight is 307 g/mol. The highest BCUT2D eigenvalue weighted by molar-refractivity contribution is 6.33. The van der Waals surface area contributed by atoms with Crippen molar-refractivity contribution in [3.63, 3.8) is 0 Å². The second-order valence-electron chi connectivity index (χ2n) is 4.26. The van der Waals surface area contributed by atoms with E-state index in [1.54, 1.807) is 51.7 Å². The third-order valence-corrected chi connectivity index (χ3v) is 3.43. The summed E-state index contributed by atoms with van der Waals surface area (Å²) in [6.07, 6.45) is 0.748. The number of carbonyl (C=O) groups excluding carboxylic acids is 1. The first-order valence-corrected chi connectivity index (χ1v) is 6.57. The molecule has 0 radical (unpaired) electrons. The Hall–Kier alpha value is -2.20. The molecule has 2 aromatic carbocycles. The quantitative estimate of drug-likeness (QED) is 0.787. The van der Waals surface area contributed by atoms with Gasteiger partial charge in [-0.3, -0.25) is 4.79 Å². The molecular formula is C16H15ClO4. The number of benzene rings is 2. The third-order valence-electron chi connectivity index (χ3n) is 3.11. The van der Waals surface area contributed by atoms with E-state index in [-0.39, 0.29) is 0 Å². The molecule has 2 rings (SSSR count). The van der Waals surface area contributed by atoms with Crippen LogP contribution in [0.2, 0.25) is 5.02 Å². The fraction of sp³-hybridized carbons (Fsp3) is 0.188. The van der Waals surface area contributed by atoms with Crippen molar-refractivity contribution in [1.82, 2.24) is 0 Å². The molecule has 2 aromatic rings. The van der Waals surface area contributed by atoms with E-state index in [1.165, 1.54) is 0 Å². The minimum atomic E-state index is 0.446. The van der Waals surface area contributed by atoms with Crippen molar-refractivity contribution in [2.75, 3.05) is 21.3 Å². The predicted octanol–water partition coefficient (Wildman–Crippen LogP) is 3.85. The van der Waals surface area contributed by atoms with Gasteiger partial charge in [0.15, 0.2) is 0 Å². The molecule has 0 N–H and O–H groups in total. The number of hydrogen-bond acceptors (Lipinski definition) is 4.